The number of likely N-dealkylation sites (tertiary alicyclic amines) is 1. The number of aromatic nitrogens is 3. The van der Waals surface area contributed by atoms with Gasteiger partial charge in [-0.15, -0.1) is 0 Å². The van der Waals surface area contributed by atoms with Gasteiger partial charge in [0, 0.05) is 51.3 Å². The molecule has 260 valence electrons. The van der Waals surface area contributed by atoms with Crippen molar-refractivity contribution in [3.63, 3.8) is 0 Å². The number of amides is 4. The van der Waals surface area contributed by atoms with Crippen molar-refractivity contribution in [2.45, 2.75) is 91.5 Å². The van der Waals surface area contributed by atoms with E-state index in [0.717, 1.165) is 12.0 Å². The SMILES string of the molecule is C[C@@H](C(=O)N[C@H](C(=O)N1CCC[C@H]1CN(CCc1ccc(F)cc1)C(=O)c1cn2cccnc2n1)C(C)(C)C)N(C)C(=O)OC(C)(C)C. The number of hydrogen-bond acceptors (Lipinski definition) is 7. The molecule has 1 fully saturated rings. The van der Waals surface area contributed by atoms with Crippen LogP contribution in [-0.4, -0.2) is 103 Å². The third-order valence-electron chi connectivity index (χ3n) is 8.46. The number of hydrogen-bond donors (Lipinski definition) is 1. The molecule has 12 nitrogen and oxygen atoms in total. The third-order valence-corrected chi connectivity index (χ3v) is 8.46. The highest BCUT2D eigenvalue weighted by molar-refractivity contribution is 5.93. The van der Waals surface area contributed by atoms with Crippen molar-refractivity contribution in [2.75, 3.05) is 26.7 Å². The van der Waals surface area contributed by atoms with Gasteiger partial charge in [0.25, 0.3) is 5.91 Å². The van der Waals surface area contributed by atoms with Gasteiger partial charge in [0.1, 0.15) is 29.2 Å². The number of nitrogens with one attached hydrogen (secondary N) is 1. The summed E-state index contributed by atoms with van der Waals surface area (Å²) in [4.78, 5) is 67.5. The molecule has 1 N–H and O–H groups in total. The molecule has 4 amide bonds. The molecule has 4 rings (SSSR count). The van der Waals surface area contributed by atoms with E-state index < -0.39 is 35.1 Å². The van der Waals surface area contributed by atoms with E-state index in [4.69, 9.17) is 4.74 Å². The van der Waals surface area contributed by atoms with E-state index in [1.165, 1.54) is 24.1 Å². The van der Waals surface area contributed by atoms with E-state index in [1.807, 2.05) is 20.8 Å². The summed E-state index contributed by atoms with van der Waals surface area (Å²) in [5.74, 6) is -0.985. The second-order valence-electron chi connectivity index (χ2n) is 14.5. The smallest absolute Gasteiger partial charge is 0.410 e. The molecule has 1 saturated heterocycles. The van der Waals surface area contributed by atoms with Crippen molar-refractivity contribution >= 4 is 29.6 Å². The Morgan fingerprint density at radius 3 is 2.42 bits per heavy atom. The maximum absolute atomic E-state index is 14.2. The largest absolute Gasteiger partial charge is 0.444 e. The summed E-state index contributed by atoms with van der Waals surface area (Å²) >= 11 is 0. The van der Waals surface area contributed by atoms with E-state index in [-0.39, 0.29) is 35.9 Å². The zero-order chi connectivity index (χ0) is 35.4. The van der Waals surface area contributed by atoms with Crippen molar-refractivity contribution < 1.29 is 28.3 Å². The summed E-state index contributed by atoms with van der Waals surface area (Å²) < 4.78 is 20.7. The second-order valence-corrected chi connectivity index (χ2v) is 14.5. The fraction of sp³-hybridized carbons (Fsp3) is 0.543. The van der Waals surface area contributed by atoms with Crippen LogP contribution in [0.15, 0.2) is 48.9 Å². The lowest BCUT2D eigenvalue weighted by atomic mass is 9.85. The average Bonchev–Trinajstić information content (AvgIpc) is 3.67. The Labute approximate surface area is 281 Å². The van der Waals surface area contributed by atoms with E-state index >= 15 is 0 Å². The van der Waals surface area contributed by atoms with Crippen LogP contribution in [0.5, 0.6) is 0 Å². The third kappa shape index (κ3) is 9.07. The average molecular weight is 666 g/mol. The molecular formula is C35H48FN7O5. The zero-order valence-electron chi connectivity index (χ0n) is 29.2. The van der Waals surface area contributed by atoms with Crippen LogP contribution >= 0.6 is 0 Å². The van der Waals surface area contributed by atoms with Gasteiger partial charge >= 0.3 is 6.09 Å². The standard InChI is InChI=1S/C35H48FN7O5/c1-23(40(8)33(47)48-35(5,6)7)29(44)39-28(34(2,3)4)31(46)43-19-9-11-26(43)21-41(20-16-24-12-14-25(36)15-13-24)30(45)27-22-42-18-10-17-37-32(42)38-27/h10,12-15,17-18,22-23,26,28H,9,11,16,19-21H2,1-8H3,(H,39,44)/t23-,26-,28+/m0/s1. The van der Waals surface area contributed by atoms with Crippen LogP contribution in [0.1, 0.15) is 77.4 Å². The van der Waals surface area contributed by atoms with Crippen LogP contribution in [-0.2, 0) is 20.7 Å². The van der Waals surface area contributed by atoms with Crippen LogP contribution in [0.25, 0.3) is 5.78 Å². The molecule has 0 unspecified atom stereocenters. The molecule has 0 bridgehead atoms. The predicted octanol–water partition coefficient (Wildman–Crippen LogP) is 4.33. The first-order valence-electron chi connectivity index (χ1n) is 16.3. The molecular weight excluding hydrogens is 617 g/mol. The fourth-order valence-corrected chi connectivity index (χ4v) is 5.60. The van der Waals surface area contributed by atoms with E-state index in [2.05, 4.69) is 15.3 Å². The van der Waals surface area contributed by atoms with Gasteiger partial charge in [0.2, 0.25) is 17.6 Å². The highest BCUT2D eigenvalue weighted by atomic mass is 19.1. The Morgan fingerprint density at radius 2 is 1.79 bits per heavy atom. The minimum Gasteiger partial charge on any atom is -0.444 e. The fourth-order valence-electron chi connectivity index (χ4n) is 5.60. The molecule has 3 atom stereocenters. The molecule has 0 saturated carbocycles. The topological polar surface area (TPSA) is 129 Å². The lowest BCUT2D eigenvalue weighted by Gasteiger charge is -2.38. The van der Waals surface area contributed by atoms with Gasteiger partial charge in [0.05, 0.1) is 0 Å². The van der Waals surface area contributed by atoms with Crippen LogP contribution in [0.4, 0.5) is 9.18 Å². The molecule has 1 aliphatic rings. The minimum absolute atomic E-state index is 0.228. The summed E-state index contributed by atoms with van der Waals surface area (Å²) in [6.45, 7) is 13.5. The molecule has 2 aromatic heterocycles. The highest BCUT2D eigenvalue weighted by Crippen LogP contribution is 2.27. The maximum atomic E-state index is 14.2. The maximum Gasteiger partial charge on any atom is 0.410 e. The number of benzene rings is 1. The molecule has 0 aliphatic carbocycles. The summed E-state index contributed by atoms with van der Waals surface area (Å²) in [7, 11) is 1.49. The van der Waals surface area contributed by atoms with Crippen molar-refractivity contribution in [1.82, 2.24) is 34.4 Å². The Morgan fingerprint density at radius 1 is 1.10 bits per heavy atom. The molecule has 3 heterocycles. The first kappa shape index (κ1) is 36.3. The van der Waals surface area contributed by atoms with Crippen molar-refractivity contribution in [1.29, 1.82) is 0 Å². The molecule has 1 aromatic carbocycles. The Bertz CT molecular complexity index is 1580. The Kier molecular flexibility index (Phi) is 11.1. The van der Waals surface area contributed by atoms with Gasteiger partial charge in [0.15, 0.2) is 0 Å². The number of nitrogens with zero attached hydrogens (tertiary/aromatic N) is 6. The normalized spacial score (nSPS) is 16.4. The second kappa shape index (κ2) is 14.7. The summed E-state index contributed by atoms with van der Waals surface area (Å²) in [5.41, 5.74) is -0.295. The molecule has 3 aromatic rings. The number of halogens is 1. The van der Waals surface area contributed by atoms with E-state index in [1.54, 1.807) is 78.7 Å². The van der Waals surface area contributed by atoms with Crippen LogP contribution in [0, 0.1) is 11.2 Å². The van der Waals surface area contributed by atoms with Gasteiger partial charge in [-0.05, 0) is 76.1 Å². The molecule has 13 heteroatoms. The number of ether oxygens (including phenoxy) is 1. The van der Waals surface area contributed by atoms with Crippen molar-refractivity contribution in [3.05, 3.63) is 66.0 Å². The monoisotopic (exact) mass is 665 g/mol. The minimum atomic E-state index is -0.897. The van der Waals surface area contributed by atoms with Gasteiger partial charge in [-0.1, -0.05) is 32.9 Å². The van der Waals surface area contributed by atoms with Gasteiger partial charge in [-0.25, -0.2) is 19.2 Å². The molecule has 1 aliphatic heterocycles. The molecule has 48 heavy (non-hydrogen) atoms. The van der Waals surface area contributed by atoms with E-state index in [9.17, 15) is 23.6 Å². The quantitative estimate of drug-likeness (QED) is 0.341. The summed E-state index contributed by atoms with van der Waals surface area (Å²) in [6.07, 6.45) is 6.23. The van der Waals surface area contributed by atoms with Gasteiger partial charge < -0.3 is 19.9 Å². The number of carbonyl (C=O) groups is 4. The summed E-state index contributed by atoms with van der Waals surface area (Å²) in [5, 5.41) is 2.91. The highest BCUT2D eigenvalue weighted by Gasteiger charge is 2.41. The van der Waals surface area contributed by atoms with Gasteiger partial charge in [-0.3, -0.25) is 23.7 Å². The van der Waals surface area contributed by atoms with E-state index in [0.29, 0.717) is 31.7 Å². The van der Waals surface area contributed by atoms with Gasteiger partial charge in [-0.2, -0.15) is 0 Å². The molecule has 0 spiro atoms. The Hall–Kier alpha value is -4.55. The molecule has 0 radical (unpaired) electrons. The number of fused-ring (bicyclic) bond motifs is 1. The predicted molar refractivity (Wildman–Crippen MR) is 179 cm³/mol. The lowest BCUT2D eigenvalue weighted by molar-refractivity contribution is -0.141. The first-order chi connectivity index (χ1) is 22.4. The van der Waals surface area contributed by atoms with Crippen molar-refractivity contribution in [2.24, 2.45) is 5.41 Å². The van der Waals surface area contributed by atoms with Crippen LogP contribution < -0.4 is 5.32 Å². The number of likely N-dealkylation sites (N-methyl/N-ethyl adjacent to an activating group) is 1. The zero-order valence-corrected chi connectivity index (χ0v) is 29.2. The van der Waals surface area contributed by atoms with Crippen molar-refractivity contribution in [3.8, 4) is 0 Å². The van der Waals surface area contributed by atoms with Crippen LogP contribution in [0.3, 0.4) is 0 Å². The first-order valence-corrected chi connectivity index (χ1v) is 16.3. The number of carbonyl (C=O) groups excluding carboxylic acids is 4. The lowest BCUT2D eigenvalue weighted by Crippen LogP contribution is -2.59. The Balaban J connectivity index is 1.53. The van der Waals surface area contributed by atoms with Crippen LogP contribution in [0.2, 0.25) is 0 Å². The number of imidazole rings is 1. The summed E-state index contributed by atoms with van der Waals surface area (Å²) in [6, 6.07) is 5.80. The number of rotatable bonds is 10.